The van der Waals surface area contributed by atoms with Crippen molar-refractivity contribution in [2.75, 3.05) is 0 Å². The van der Waals surface area contributed by atoms with E-state index in [0.717, 1.165) is 11.1 Å². The highest BCUT2D eigenvalue weighted by atomic mass is 35.5. The van der Waals surface area contributed by atoms with Gasteiger partial charge < -0.3 is 4.74 Å². The van der Waals surface area contributed by atoms with Crippen LogP contribution in [0.1, 0.15) is 16.7 Å². The summed E-state index contributed by atoms with van der Waals surface area (Å²) in [6.07, 6.45) is 0. The summed E-state index contributed by atoms with van der Waals surface area (Å²) >= 11 is 5.75. The third kappa shape index (κ3) is 3.50. The molecule has 21 heavy (non-hydrogen) atoms. The van der Waals surface area contributed by atoms with Gasteiger partial charge in [-0.05, 0) is 42.3 Å². The van der Waals surface area contributed by atoms with Crippen molar-refractivity contribution in [2.24, 2.45) is 0 Å². The number of halogens is 1. The van der Waals surface area contributed by atoms with E-state index in [9.17, 15) is 10.1 Å². The standard InChI is InChI=1S/C15H11ClN2O3/c1-10-6-11(8-17)2-3-12(10)9-21-15-5-4-13(16)7-14(15)18(19)20/h2-7H,9H2,1H3. The molecular weight excluding hydrogens is 292 g/mol. The summed E-state index contributed by atoms with van der Waals surface area (Å²) in [7, 11) is 0. The van der Waals surface area contributed by atoms with Crippen molar-refractivity contribution in [2.45, 2.75) is 13.5 Å². The molecule has 5 nitrogen and oxygen atoms in total. The summed E-state index contributed by atoms with van der Waals surface area (Å²) in [4.78, 5) is 10.4. The normalized spacial score (nSPS) is 9.95. The molecule has 0 fully saturated rings. The van der Waals surface area contributed by atoms with Crippen LogP contribution in [0.2, 0.25) is 5.02 Å². The second-order valence-corrected chi connectivity index (χ2v) is 4.85. The number of benzene rings is 2. The predicted octanol–water partition coefficient (Wildman–Crippen LogP) is 4.01. The molecule has 6 heteroatoms. The second-order valence-electron chi connectivity index (χ2n) is 4.41. The molecule has 0 aliphatic heterocycles. The van der Waals surface area contributed by atoms with Crippen LogP contribution in [-0.2, 0) is 6.61 Å². The minimum atomic E-state index is -0.535. The van der Waals surface area contributed by atoms with Gasteiger partial charge in [0.25, 0.3) is 0 Å². The fourth-order valence-electron chi connectivity index (χ4n) is 1.84. The van der Waals surface area contributed by atoms with Gasteiger partial charge in [-0.2, -0.15) is 5.26 Å². The van der Waals surface area contributed by atoms with E-state index >= 15 is 0 Å². The van der Waals surface area contributed by atoms with E-state index in [2.05, 4.69) is 6.07 Å². The van der Waals surface area contributed by atoms with Gasteiger partial charge in [-0.25, -0.2) is 0 Å². The lowest BCUT2D eigenvalue weighted by molar-refractivity contribution is -0.385. The van der Waals surface area contributed by atoms with Gasteiger partial charge in [-0.15, -0.1) is 0 Å². The molecule has 106 valence electrons. The molecule has 0 atom stereocenters. The van der Waals surface area contributed by atoms with E-state index in [1.165, 1.54) is 18.2 Å². The number of rotatable bonds is 4. The van der Waals surface area contributed by atoms with E-state index in [-0.39, 0.29) is 23.1 Å². The number of hydrogen-bond acceptors (Lipinski definition) is 4. The maximum absolute atomic E-state index is 11.0. The zero-order valence-corrected chi connectivity index (χ0v) is 11.9. The first-order chi connectivity index (χ1) is 10.0. The largest absolute Gasteiger partial charge is 0.482 e. The minimum Gasteiger partial charge on any atom is -0.482 e. The van der Waals surface area contributed by atoms with Crippen molar-refractivity contribution < 1.29 is 9.66 Å². The Balaban J connectivity index is 2.21. The molecule has 0 spiro atoms. The highest BCUT2D eigenvalue weighted by Gasteiger charge is 2.16. The van der Waals surface area contributed by atoms with Crippen molar-refractivity contribution in [3.63, 3.8) is 0 Å². The molecule has 0 unspecified atom stereocenters. The Morgan fingerprint density at radius 1 is 1.33 bits per heavy atom. The molecule has 0 amide bonds. The first kappa shape index (κ1) is 14.8. The molecule has 0 N–H and O–H groups in total. The topological polar surface area (TPSA) is 76.2 Å². The van der Waals surface area contributed by atoms with E-state index in [1.54, 1.807) is 18.2 Å². The van der Waals surface area contributed by atoms with Crippen molar-refractivity contribution in [1.82, 2.24) is 0 Å². The van der Waals surface area contributed by atoms with Crippen LogP contribution in [-0.4, -0.2) is 4.92 Å². The van der Waals surface area contributed by atoms with Gasteiger partial charge >= 0.3 is 5.69 Å². The smallest absolute Gasteiger partial charge is 0.312 e. The average Bonchev–Trinajstić information content (AvgIpc) is 2.46. The van der Waals surface area contributed by atoms with Crippen molar-refractivity contribution in [1.29, 1.82) is 5.26 Å². The summed E-state index contributed by atoms with van der Waals surface area (Å²) in [6, 6.07) is 11.5. The van der Waals surface area contributed by atoms with E-state index in [1.807, 2.05) is 6.92 Å². The van der Waals surface area contributed by atoms with Crippen LogP contribution in [0.15, 0.2) is 36.4 Å². The fourth-order valence-corrected chi connectivity index (χ4v) is 2.00. The SMILES string of the molecule is Cc1cc(C#N)ccc1COc1ccc(Cl)cc1[N+](=O)[O-]. The summed E-state index contributed by atoms with van der Waals surface area (Å²) in [5, 5.41) is 20.1. The Hall–Kier alpha value is -2.58. The van der Waals surface area contributed by atoms with Crippen LogP contribution in [0.25, 0.3) is 0 Å². The Morgan fingerprint density at radius 3 is 2.71 bits per heavy atom. The van der Waals surface area contributed by atoms with Crippen LogP contribution in [0.5, 0.6) is 5.75 Å². The van der Waals surface area contributed by atoms with Gasteiger partial charge in [0.1, 0.15) is 6.61 Å². The number of nitriles is 1. The van der Waals surface area contributed by atoms with E-state index < -0.39 is 4.92 Å². The lowest BCUT2D eigenvalue weighted by Gasteiger charge is -2.09. The Kier molecular flexibility index (Phi) is 4.41. The molecule has 0 bridgehead atoms. The van der Waals surface area contributed by atoms with Gasteiger partial charge in [0.15, 0.2) is 5.75 Å². The number of nitrogens with zero attached hydrogens (tertiary/aromatic N) is 2. The number of hydrogen-bond donors (Lipinski definition) is 0. The first-order valence-electron chi connectivity index (χ1n) is 6.07. The molecule has 2 aromatic rings. The van der Waals surface area contributed by atoms with Crippen LogP contribution in [0.4, 0.5) is 5.69 Å². The number of nitro benzene ring substituents is 1. The fraction of sp³-hybridized carbons (Fsp3) is 0.133. The Morgan fingerprint density at radius 2 is 2.10 bits per heavy atom. The third-order valence-electron chi connectivity index (χ3n) is 2.97. The van der Waals surface area contributed by atoms with Gasteiger partial charge in [-0.1, -0.05) is 17.7 Å². The van der Waals surface area contributed by atoms with Crippen LogP contribution < -0.4 is 4.74 Å². The molecule has 0 heterocycles. The third-order valence-corrected chi connectivity index (χ3v) is 3.21. The van der Waals surface area contributed by atoms with E-state index in [0.29, 0.717) is 5.56 Å². The predicted molar refractivity (Wildman–Crippen MR) is 78.3 cm³/mol. The van der Waals surface area contributed by atoms with Crippen molar-refractivity contribution in [3.05, 3.63) is 68.2 Å². The van der Waals surface area contributed by atoms with E-state index in [4.69, 9.17) is 21.6 Å². The van der Waals surface area contributed by atoms with Crippen LogP contribution >= 0.6 is 11.6 Å². The molecule has 0 aromatic heterocycles. The van der Waals surface area contributed by atoms with Gasteiger partial charge in [0.2, 0.25) is 0 Å². The summed E-state index contributed by atoms with van der Waals surface area (Å²) in [6.45, 7) is 2.04. The average molecular weight is 303 g/mol. The summed E-state index contributed by atoms with van der Waals surface area (Å²) in [5.41, 5.74) is 2.14. The molecule has 0 saturated heterocycles. The van der Waals surface area contributed by atoms with Gasteiger partial charge in [0, 0.05) is 11.1 Å². The zero-order valence-electron chi connectivity index (χ0n) is 11.2. The van der Waals surface area contributed by atoms with Crippen LogP contribution in [0.3, 0.4) is 0 Å². The highest BCUT2D eigenvalue weighted by Crippen LogP contribution is 2.30. The lowest BCUT2D eigenvalue weighted by Crippen LogP contribution is -2.01. The maximum atomic E-state index is 11.0. The minimum absolute atomic E-state index is 0.160. The zero-order chi connectivity index (χ0) is 15.4. The van der Waals surface area contributed by atoms with Crippen molar-refractivity contribution >= 4 is 17.3 Å². The maximum Gasteiger partial charge on any atom is 0.312 e. The molecule has 0 aliphatic carbocycles. The van der Waals surface area contributed by atoms with Crippen molar-refractivity contribution in [3.8, 4) is 11.8 Å². The number of ether oxygens (including phenoxy) is 1. The number of aryl methyl sites for hydroxylation is 1. The Bertz CT molecular complexity index is 738. The monoisotopic (exact) mass is 302 g/mol. The van der Waals surface area contributed by atoms with Gasteiger partial charge in [0.05, 0.1) is 16.6 Å². The molecule has 2 aromatic carbocycles. The molecule has 0 saturated carbocycles. The lowest BCUT2D eigenvalue weighted by atomic mass is 10.1. The van der Waals surface area contributed by atoms with Crippen LogP contribution in [0, 0.1) is 28.4 Å². The summed E-state index contributed by atoms with van der Waals surface area (Å²) in [5.74, 6) is 0.160. The highest BCUT2D eigenvalue weighted by molar-refractivity contribution is 6.30. The molecule has 0 radical (unpaired) electrons. The molecule has 0 aliphatic rings. The Labute approximate surface area is 126 Å². The second kappa shape index (κ2) is 6.25. The molecule has 2 rings (SSSR count). The molecular formula is C15H11ClN2O3. The van der Waals surface area contributed by atoms with Gasteiger partial charge in [-0.3, -0.25) is 10.1 Å². The number of nitro groups is 1. The summed E-state index contributed by atoms with van der Waals surface area (Å²) < 4.78 is 5.51. The quantitative estimate of drug-likeness (QED) is 0.631. The first-order valence-corrected chi connectivity index (χ1v) is 6.45.